The Bertz CT molecular complexity index is 742. The van der Waals surface area contributed by atoms with E-state index in [4.69, 9.17) is 10.5 Å². The Balaban J connectivity index is 2.14. The minimum Gasteiger partial charge on any atom is -0.497 e. The van der Waals surface area contributed by atoms with Crippen molar-refractivity contribution < 1.29 is 14.3 Å². The molecule has 4 N–H and O–H groups in total. The minimum absolute atomic E-state index is 0.129. The van der Waals surface area contributed by atoms with Gasteiger partial charge >= 0.3 is 0 Å². The van der Waals surface area contributed by atoms with Gasteiger partial charge in [-0.3, -0.25) is 9.59 Å². The van der Waals surface area contributed by atoms with Crippen LogP contribution in [-0.2, 0) is 4.79 Å². The molecular weight excluding hydrogens is 318 g/mol. The van der Waals surface area contributed by atoms with Crippen LogP contribution in [0.25, 0.3) is 0 Å². The smallest absolute Gasteiger partial charge is 0.255 e. The number of benzene rings is 2. The average molecular weight is 341 g/mol. The Morgan fingerprint density at radius 3 is 2.40 bits per heavy atom. The number of hydrogen-bond donors (Lipinski definition) is 3. The van der Waals surface area contributed by atoms with Gasteiger partial charge in [-0.15, -0.1) is 0 Å². The lowest BCUT2D eigenvalue weighted by atomic mass is 10.1. The van der Waals surface area contributed by atoms with Crippen molar-refractivity contribution >= 4 is 23.2 Å². The number of rotatable bonds is 7. The van der Waals surface area contributed by atoms with Gasteiger partial charge in [0.15, 0.2) is 0 Å². The number of aryl methyl sites for hydroxylation is 1. The number of hydrogen-bond acceptors (Lipinski definition) is 4. The van der Waals surface area contributed by atoms with E-state index in [1.165, 1.54) is 0 Å². The SMILES string of the molecule is COc1ccc(C(=O)Nc2ccc(C)cc2NC(=O)CCCN)cc1. The monoisotopic (exact) mass is 341 g/mol. The van der Waals surface area contributed by atoms with E-state index in [-0.39, 0.29) is 11.8 Å². The summed E-state index contributed by atoms with van der Waals surface area (Å²) in [7, 11) is 1.57. The molecule has 0 saturated carbocycles. The molecule has 0 spiro atoms. The lowest BCUT2D eigenvalue weighted by Crippen LogP contribution is -2.17. The summed E-state index contributed by atoms with van der Waals surface area (Å²) in [6.45, 7) is 2.38. The van der Waals surface area contributed by atoms with Crippen molar-refractivity contribution in [1.29, 1.82) is 0 Å². The molecule has 0 aliphatic rings. The van der Waals surface area contributed by atoms with E-state index in [1.54, 1.807) is 37.4 Å². The zero-order valence-electron chi connectivity index (χ0n) is 14.5. The molecule has 132 valence electrons. The first kappa shape index (κ1) is 18.5. The van der Waals surface area contributed by atoms with Gasteiger partial charge in [-0.05, 0) is 61.9 Å². The van der Waals surface area contributed by atoms with Crippen LogP contribution in [-0.4, -0.2) is 25.5 Å². The van der Waals surface area contributed by atoms with E-state index in [1.807, 2.05) is 19.1 Å². The molecule has 2 rings (SSSR count). The van der Waals surface area contributed by atoms with Crippen molar-refractivity contribution in [2.75, 3.05) is 24.3 Å². The Hall–Kier alpha value is -2.86. The summed E-state index contributed by atoms with van der Waals surface area (Å²) in [6.07, 6.45) is 0.960. The van der Waals surface area contributed by atoms with Gasteiger partial charge in [-0.25, -0.2) is 0 Å². The first-order valence-corrected chi connectivity index (χ1v) is 8.09. The molecule has 0 radical (unpaired) electrons. The third-order valence-corrected chi connectivity index (χ3v) is 3.66. The standard InChI is InChI=1S/C19H23N3O3/c1-13-5-10-16(17(12-13)21-18(23)4-3-11-20)22-19(24)14-6-8-15(25-2)9-7-14/h5-10,12H,3-4,11,20H2,1-2H3,(H,21,23)(H,22,24). The predicted molar refractivity (Wildman–Crippen MR) is 99.0 cm³/mol. The fourth-order valence-corrected chi connectivity index (χ4v) is 2.28. The van der Waals surface area contributed by atoms with Crippen LogP contribution < -0.4 is 21.1 Å². The number of amides is 2. The highest BCUT2D eigenvalue weighted by Crippen LogP contribution is 2.24. The lowest BCUT2D eigenvalue weighted by Gasteiger charge is -2.13. The Labute approximate surface area is 147 Å². The van der Waals surface area contributed by atoms with E-state index >= 15 is 0 Å². The van der Waals surface area contributed by atoms with Gasteiger partial charge in [0.2, 0.25) is 5.91 Å². The van der Waals surface area contributed by atoms with Crippen molar-refractivity contribution in [3.8, 4) is 5.75 Å². The number of carbonyl (C=O) groups is 2. The first-order valence-electron chi connectivity index (χ1n) is 8.09. The molecule has 0 aliphatic heterocycles. The second-order valence-corrected chi connectivity index (χ2v) is 5.67. The van der Waals surface area contributed by atoms with Gasteiger partial charge < -0.3 is 21.1 Å². The number of methoxy groups -OCH3 is 1. The van der Waals surface area contributed by atoms with E-state index < -0.39 is 0 Å². The molecule has 6 heteroatoms. The summed E-state index contributed by atoms with van der Waals surface area (Å²) in [5, 5.41) is 5.67. The second kappa shape index (κ2) is 8.84. The largest absolute Gasteiger partial charge is 0.497 e. The highest BCUT2D eigenvalue weighted by molar-refractivity contribution is 6.07. The maximum Gasteiger partial charge on any atom is 0.255 e. The topological polar surface area (TPSA) is 93.5 Å². The molecule has 0 atom stereocenters. The van der Waals surface area contributed by atoms with Crippen LogP contribution in [0.1, 0.15) is 28.8 Å². The molecule has 0 fully saturated rings. The van der Waals surface area contributed by atoms with Crippen molar-refractivity contribution in [3.63, 3.8) is 0 Å². The zero-order valence-corrected chi connectivity index (χ0v) is 14.5. The highest BCUT2D eigenvalue weighted by atomic mass is 16.5. The number of anilines is 2. The van der Waals surface area contributed by atoms with Gasteiger partial charge in [0, 0.05) is 12.0 Å². The molecule has 0 unspecified atom stereocenters. The third kappa shape index (κ3) is 5.32. The lowest BCUT2D eigenvalue weighted by molar-refractivity contribution is -0.116. The van der Waals surface area contributed by atoms with Gasteiger partial charge in [0.1, 0.15) is 5.75 Å². The number of carbonyl (C=O) groups excluding carboxylic acids is 2. The van der Waals surface area contributed by atoms with Gasteiger partial charge in [-0.2, -0.15) is 0 Å². The van der Waals surface area contributed by atoms with Gasteiger partial charge in [0.25, 0.3) is 5.91 Å². The van der Waals surface area contributed by atoms with Crippen LogP contribution in [0.3, 0.4) is 0 Å². The van der Waals surface area contributed by atoms with Crippen LogP contribution in [0.15, 0.2) is 42.5 Å². The molecule has 2 aromatic carbocycles. The molecule has 25 heavy (non-hydrogen) atoms. The van der Waals surface area contributed by atoms with Crippen LogP contribution in [0, 0.1) is 6.92 Å². The first-order chi connectivity index (χ1) is 12.0. The molecular formula is C19H23N3O3. The van der Waals surface area contributed by atoms with Crippen LogP contribution in [0.4, 0.5) is 11.4 Å². The summed E-state index contributed by atoms with van der Waals surface area (Å²) < 4.78 is 5.09. The number of nitrogens with one attached hydrogen (secondary N) is 2. The molecule has 0 bridgehead atoms. The number of nitrogens with two attached hydrogens (primary N) is 1. The fourth-order valence-electron chi connectivity index (χ4n) is 2.28. The van der Waals surface area contributed by atoms with Crippen LogP contribution in [0.2, 0.25) is 0 Å². The third-order valence-electron chi connectivity index (χ3n) is 3.66. The normalized spacial score (nSPS) is 10.2. The summed E-state index contributed by atoms with van der Waals surface area (Å²) in [5.74, 6) is 0.291. The predicted octanol–water partition coefficient (Wildman–Crippen LogP) is 2.93. The molecule has 2 amide bonds. The van der Waals surface area contributed by atoms with Crippen LogP contribution in [0.5, 0.6) is 5.75 Å². The number of ether oxygens (including phenoxy) is 1. The molecule has 0 saturated heterocycles. The van der Waals surface area contributed by atoms with Crippen LogP contribution >= 0.6 is 0 Å². The van der Waals surface area contributed by atoms with E-state index in [9.17, 15) is 9.59 Å². The maximum atomic E-state index is 12.4. The zero-order chi connectivity index (χ0) is 18.2. The molecule has 0 heterocycles. The molecule has 0 aromatic heterocycles. The summed E-state index contributed by atoms with van der Waals surface area (Å²) >= 11 is 0. The van der Waals surface area contributed by atoms with Crippen molar-refractivity contribution in [3.05, 3.63) is 53.6 Å². The molecule has 0 aliphatic carbocycles. The van der Waals surface area contributed by atoms with E-state index in [0.29, 0.717) is 42.1 Å². The Morgan fingerprint density at radius 1 is 1.04 bits per heavy atom. The Kier molecular flexibility index (Phi) is 6.54. The van der Waals surface area contributed by atoms with Crippen molar-refractivity contribution in [1.82, 2.24) is 0 Å². The quantitative estimate of drug-likeness (QED) is 0.722. The van der Waals surface area contributed by atoms with Gasteiger partial charge in [-0.1, -0.05) is 6.07 Å². The van der Waals surface area contributed by atoms with E-state index in [2.05, 4.69) is 10.6 Å². The maximum absolute atomic E-state index is 12.4. The van der Waals surface area contributed by atoms with Crippen molar-refractivity contribution in [2.24, 2.45) is 5.73 Å². The molecule has 2 aromatic rings. The summed E-state index contributed by atoms with van der Waals surface area (Å²) in [5.41, 5.74) is 8.04. The Morgan fingerprint density at radius 2 is 1.76 bits per heavy atom. The fraction of sp³-hybridized carbons (Fsp3) is 0.263. The molecule has 6 nitrogen and oxygen atoms in total. The van der Waals surface area contributed by atoms with Gasteiger partial charge in [0.05, 0.1) is 18.5 Å². The average Bonchev–Trinajstić information content (AvgIpc) is 2.62. The van der Waals surface area contributed by atoms with E-state index in [0.717, 1.165) is 5.56 Å². The minimum atomic E-state index is -0.260. The highest BCUT2D eigenvalue weighted by Gasteiger charge is 2.11. The summed E-state index contributed by atoms with van der Waals surface area (Å²) in [6, 6.07) is 12.3. The summed E-state index contributed by atoms with van der Waals surface area (Å²) in [4.78, 5) is 24.4. The van der Waals surface area contributed by atoms with Crippen molar-refractivity contribution in [2.45, 2.75) is 19.8 Å². The second-order valence-electron chi connectivity index (χ2n) is 5.67.